The highest BCUT2D eigenvalue weighted by molar-refractivity contribution is 5.85. The van der Waals surface area contributed by atoms with Gasteiger partial charge in [-0.05, 0) is 56.3 Å². The lowest BCUT2D eigenvalue weighted by Gasteiger charge is -2.20. The highest BCUT2D eigenvalue weighted by Crippen LogP contribution is 2.27. The van der Waals surface area contributed by atoms with Crippen LogP contribution in [0, 0.1) is 11.8 Å². The average molecular weight is 346 g/mol. The molecular weight excluding hydrogens is 321 g/mol. The quantitative estimate of drug-likeness (QED) is 0.914. The van der Waals surface area contributed by atoms with Gasteiger partial charge in [-0.25, -0.2) is 0 Å². The fourth-order valence-corrected chi connectivity index (χ4v) is 3.41. The summed E-state index contributed by atoms with van der Waals surface area (Å²) < 4.78 is 0. The van der Waals surface area contributed by atoms with Gasteiger partial charge in [0.15, 0.2) is 0 Å². The van der Waals surface area contributed by atoms with Gasteiger partial charge in [-0.3, -0.25) is 9.78 Å². The van der Waals surface area contributed by atoms with Gasteiger partial charge in [0.05, 0.1) is 0 Å². The Kier molecular flexibility index (Phi) is 8.15. The number of carbonyl (C=O) groups is 1. The van der Waals surface area contributed by atoms with Gasteiger partial charge in [-0.15, -0.1) is 24.8 Å². The smallest absolute Gasteiger partial charge is 0.222 e. The molecule has 2 aliphatic heterocycles. The van der Waals surface area contributed by atoms with Crippen molar-refractivity contribution in [2.24, 2.45) is 11.8 Å². The molecule has 0 unspecified atom stereocenters. The molecule has 3 heterocycles. The summed E-state index contributed by atoms with van der Waals surface area (Å²) in [6.45, 7) is 4.15. The predicted octanol–water partition coefficient (Wildman–Crippen LogP) is 2.32. The van der Waals surface area contributed by atoms with Crippen LogP contribution in [0.1, 0.15) is 25.0 Å². The van der Waals surface area contributed by atoms with Gasteiger partial charge in [0.25, 0.3) is 0 Å². The molecule has 1 amide bonds. The van der Waals surface area contributed by atoms with Crippen LogP contribution in [-0.2, 0) is 11.2 Å². The van der Waals surface area contributed by atoms with Gasteiger partial charge in [0.1, 0.15) is 0 Å². The van der Waals surface area contributed by atoms with Crippen LogP contribution in [0.3, 0.4) is 0 Å². The number of hydrogen-bond donors (Lipinski definition) is 1. The number of rotatable bonds is 3. The van der Waals surface area contributed by atoms with Crippen LogP contribution in [0.25, 0.3) is 0 Å². The van der Waals surface area contributed by atoms with Gasteiger partial charge < -0.3 is 10.2 Å². The molecule has 0 aliphatic carbocycles. The number of nitrogens with zero attached hydrogens (tertiary/aromatic N) is 2. The molecule has 2 atom stereocenters. The summed E-state index contributed by atoms with van der Waals surface area (Å²) in [4.78, 5) is 18.7. The van der Waals surface area contributed by atoms with E-state index in [4.69, 9.17) is 0 Å². The van der Waals surface area contributed by atoms with E-state index >= 15 is 0 Å². The molecule has 6 heteroatoms. The minimum absolute atomic E-state index is 0. The molecule has 0 bridgehead atoms. The fraction of sp³-hybridized carbons (Fsp3) is 0.625. The summed E-state index contributed by atoms with van der Waals surface area (Å²) in [7, 11) is 0. The van der Waals surface area contributed by atoms with Crippen molar-refractivity contribution in [3.8, 4) is 0 Å². The first-order chi connectivity index (χ1) is 9.83. The second-order valence-corrected chi connectivity index (χ2v) is 5.96. The lowest BCUT2D eigenvalue weighted by Crippen LogP contribution is -2.32. The molecule has 0 radical (unpaired) electrons. The van der Waals surface area contributed by atoms with Crippen molar-refractivity contribution in [2.75, 3.05) is 26.2 Å². The highest BCUT2D eigenvalue weighted by Gasteiger charge is 2.31. The predicted molar refractivity (Wildman–Crippen MR) is 92.7 cm³/mol. The number of aryl methyl sites for hydroxylation is 1. The minimum atomic E-state index is 0. The Hall–Kier alpha value is -0.840. The second kappa shape index (κ2) is 9.33. The topological polar surface area (TPSA) is 45.2 Å². The molecule has 1 N–H and O–H groups in total. The maximum absolute atomic E-state index is 12.3. The van der Waals surface area contributed by atoms with Crippen molar-refractivity contribution in [3.05, 3.63) is 30.1 Å². The van der Waals surface area contributed by atoms with Crippen LogP contribution in [0.15, 0.2) is 24.4 Å². The molecule has 2 saturated heterocycles. The third kappa shape index (κ3) is 4.83. The molecule has 0 saturated carbocycles. The van der Waals surface area contributed by atoms with Gasteiger partial charge in [-0.1, -0.05) is 6.07 Å². The van der Waals surface area contributed by atoms with Crippen molar-refractivity contribution >= 4 is 30.7 Å². The standard InChI is InChI=1S/C16H23N3O.2ClH/c20-16(5-4-15-3-1-2-8-18-15)19-9-6-13-11-17-12-14(13)7-10-19;;/h1-3,8,13-14,17H,4-7,9-12H2;2*1H/t13-,14+;;. The normalized spacial score (nSPS) is 23.7. The summed E-state index contributed by atoms with van der Waals surface area (Å²) in [5.41, 5.74) is 1.01. The van der Waals surface area contributed by atoms with Crippen molar-refractivity contribution in [1.82, 2.24) is 15.2 Å². The van der Waals surface area contributed by atoms with E-state index in [9.17, 15) is 4.79 Å². The lowest BCUT2D eigenvalue weighted by atomic mass is 9.92. The van der Waals surface area contributed by atoms with E-state index < -0.39 is 0 Å². The maximum atomic E-state index is 12.3. The first kappa shape index (κ1) is 19.2. The number of fused-ring (bicyclic) bond motifs is 1. The van der Waals surface area contributed by atoms with Gasteiger partial charge in [-0.2, -0.15) is 0 Å². The van der Waals surface area contributed by atoms with Gasteiger partial charge in [0, 0.05) is 31.4 Å². The summed E-state index contributed by atoms with van der Waals surface area (Å²) in [6.07, 6.45) is 5.45. The Morgan fingerprint density at radius 1 is 1.18 bits per heavy atom. The number of pyridine rings is 1. The third-order valence-electron chi connectivity index (χ3n) is 4.69. The van der Waals surface area contributed by atoms with Crippen molar-refractivity contribution < 1.29 is 4.79 Å². The Labute approximate surface area is 144 Å². The van der Waals surface area contributed by atoms with Crippen molar-refractivity contribution in [1.29, 1.82) is 0 Å². The summed E-state index contributed by atoms with van der Waals surface area (Å²) in [6, 6.07) is 5.88. The molecule has 2 aliphatic rings. The van der Waals surface area contributed by atoms with E-state index in [0.717, 1.165) is 63.0 Å². The van der Waals surface area contributed by atoms with Crippen molar-refractivity contribution in [2.45, 2.75) is 25.7 Å². The van der Waals surface area contributed by atoms with Crippen LogP contribution < -0.4 is 5.32 Å². The van der Waals surface area contributed by atoms with Crippen LogP contribution in [0.2, 0.25) is 0 Å². The number of likely N-dealkylation sites (tertiary alicyclic amines) is 1. The Balaban J connectivity index is 0.00000121. The number of nitrogens with one attached hydrogen (secondary N) is 1. The first-order valence-corrected chi connectivity index (χ1v) is 7.71. The lowest BCUT2D eigenvalue weighted by molar-refractivity contribution is -0.131. The van der Waals surface area contributed by atoms with Gasteiger partial charge in [0.2, 0.25) is 5.91 Å². The fourth-order valence-electron chi connectivity index (χ4n) is 3.41. The largest absolute Gasteiger partial charge is 0.343 e. The number of carbonyl (C=O) groups excluding carboxylic acids is 1. The molecule has 0 aromatic carbocycles. The van der Waals surface area contributed by atoms with E-state index in [-0.39, 0.29) is 24.8 Å². The number of amides is 1. The molecule has 0 spiro atoms. The van der Waals surface area contributed by atoms with E-state index in [1.54, 1.807) is 6.20 Å². The highest BCUT2D eigenvalue weighted by atomic mass is 35.5. The molecule has 1 aromatic heterocycles. The van der Waals surface area contributed by atoms with E-state index in [1.807, 2.05) is 18.2 Å². The molecule has 1 aromatic rings. The van der Waals surface area contributed by atoms with Crippen molar-refractivity contribution in [3.63, 3.8) is 0 Å². The van der Waals surface area contributed by atoms with E-state index in [2.05, 4.69) is 15.2 Å². The Bertz CT molecular complexity index is 444. The molecule has 124 valence electrons. The Morgan fingerprint density at radius 3 is 2.45 bits per heavy atom. The zero-order valence-corrected chi connectivity index (χ0v) is 14.4. The number of hydrogen-bond acceptors (Lipinski definition) is 3. The van der Waals surface area contributed by atoms with Crippen LogP contribution >= 0.6 is 24.8 Å². The van der Waals surface area contributed by atoms with E-state index in [0.29, 0.717) is 12.3 Å². The molecular formula is C16H25Cl2N3O. The zero-order valence-electron chi connectivity index (χ0n) is 12.7. The second-order valence-electron chi connectivity index (χ2n) is 5.96. The van der Waals surface area contributed by atoms with E-state index in [1.165, 1.54) is 0 Å². The first-order valence-electron chi connectivity index (χ1n) is 7.71. The third-order valence-corrected chi connectivity index (χ3v) is 4.69. The van der Waals surface area contributed by atoms with Gasteiger partial charge >= 0.3 is 0 Å². The summed E-state index contributed by atoms with van der Waals surface area (Å²) >= 11 is 0. The van der Waals surface area contributed by atoms with Crippen LogP contribution in [0.4, 0.5) is 0 Å². The monoisotopic (exact) mass is 345 g/mol. The Morgan fingerprint density at radius 2 is 1.86 bits per heavy atom. The summed E-state index contributed by atoms with van der Waals surface area (Å²) in [5, 5.41) is 3.47. The minimum Gasteiger partial charge on any atom is -0.343 e. The average Bonchev–Trinajstić information content (AvgIpc) is 2.84. The molecule has 4 nitrogen and oxygen atoms in total. The van der Waals surface area contributed by atoms with Crippen LogP contribution in [-0.4, -0.2) is 42.0 Å². The summed E-state index contributed by atoms with van der Waals surface area (Å²) in [5.74, 6) is 1.86. The number of aromatic nitrogens is 1. The molecule has 3 rings (SSSR count). The zero-order chi connectivity index (χ0) is 13.8. The van der Waals surface area contributed by atoms with Crippen LogP contribution in [0.5, 0.6) is 0 Å². The maximum Gasteiger partial charge on any atom is 0.222 e. The molecule has 2 fully saturated rings. The number of halogens is 2. The SMILES string of the molecule is Cl.Cl.O=C(CCc1ccccn1)N1CC[C@@H]2CNC[C@@H]2CC1. The molecule has 22 heavy (non-hydrogen) atoms.